The summed E-state index contributed by atoms with van der Waals surface area (Å²) < 4.78 is 30.6. The third-order valence-electron chi connectivity index (χ3n) is 2.99. The zero-order valence-corrected chi connectivity index (χ0v) is 12.1. The number of rotatable bonds is 7. The molecule has 0 aromatic heterocycles. The second-order valence-corrected chi connectivity index (χ2v) is 6.52. The van der Waals surface area contributed by atoms with Crippen LogP contribution in [0.1, 0.15) is 13.3 Å². The fourth-order valence-electron chi connectivity index (χ4n) is 2.01. The SMILES string of the molecule is CCOCCS(=O)(=O)N1CCCN(CC(=O)O)CC1. The lowest BCUT2D eigenvalue weighted by Crippen LogP contribution is -2.38. The number of carboxylic acid groups (broad SMARTS) is 1. The van der Waals surface area contributed by atoms with Crippen LogP contribution in [-0.2, 0) is 19.6 Å². The van der Waals surface area contributed by atoms with Gasteiger partial charge in [-0.2, -0.15) is 0 Å². The van der Waals surface area contributed by atoms with Crippen molar-refractivity contribution in [3.05, 3.63) is 0 Å². The summed E-state index contributed by atoms with van der Waals surface area (Å²) in [5.41, 5.74) is 0. The van der Waals surface area contributed by atoms with Crippen molar-refractivity contribution in [2.24, 2.45) is 0 Å². The highest BCUT2D eigenvalue weighted by atomic mass is 32.2. The molecule has 0 aromatic carbocycles. The van der Waals surface area contributed by atoms with Crippen molar-refractivity contribution in [2.45, 2.75) is 13.3 Å². The maximum Gasteiger partial charge on any atom is 0.317 e. The molecule has 0 unspecified atom stereocenters. The quantitative estimate of drug-likeness (QED) is 0.634. The molecule has 19 heavy (non-hydrogen) atoms. The number of carbonyl (C=O) groups is 1. The van der Waals surface area contributed by atoms with Crippen molar-refractivity contribution in [1.29, 1.82) is 0 Å². The van der Waals surface area contributed by atoms with E-state index in [2.05, 4.69) is 0 Å². The highest BCUT2D eigenvalue weighted by Crippen LogP contribution is 2.08. The Morgan fingerprint density at radius 1 is 1.26 bits per heavy atom. The number of aliphatic carboxylic acids is 1. The molecular formula is C11H22N2O5S. The Kier molecular flexibility index (Phi) is 6.70. The lowest BCUT2D eigenvalue weighted by molar-refractivity contribution is -0.138. The maximum absolute atomic E-state index is 12.1. The summed E-state index contributed by atoms with van der Waals surface area (Å²) in [6.45, 7) is 4.36. The second-order valence-electron chi connectivity index (χ2n) is 4.44. The van der Waals surface area contributed by atoms with E-state index < -0.39 is 16.0 Å². The van der Waals surface area contributed by atoms with Crippen LogP contribution in [0.4, 0.5) is 0 Å². The average molecular weight is 294 g/mol. The van der Waals surface area contributed by atoms with Crippen molar-refractivity contribution in [2.75, 3.05) is 51.7 Å². The van der Waals surface area contributed by atoms with E-state index in [-0.39, 0.29) is 18.9 Å². The number of nitrogens with zero attached hydrogens (tertiary/aromatic N) is 2. The fourth-order valence-corrected chi connectivity index (χ4v) is 3.37. The Bertz CT molecular complexity index is 385. The molecule has 7 nitrogen and oxygen atoms in total. The van der Waals surface area contributed by atoms with Crippen LogP contribution < -0.4 is 0 Å². The minimum atomic E-state index is -3.30. The van der Waals surface area contributed by atoms with Crippen molar-refractivity contribution < 1.29 is 23.1 Å². The van der Waals surface area contributed by atoms with E-state index in [9.17, 15) is 13.2 Å². The molecule has 0 aromatic rings. The molecule has 0 bridgehead atoms. The first-order chi connectivity index (χ1) is 8.95. The molecule has 0 saturated carbocycles. The van der Waals surface area contributed by atoms with E-state index in [1.165, 1.54) is 4.31 Å². The summed E-state index contributed by atoms with van der Waals surface area (Å²) in [6, 6.07) is 0. The van der Waals surface area contributed by atoms with Gasteiger partial charge in [-0.3, -0.25) is 9.69 Å². The molecule has 112 valence electrons. The van der Waals surface area contributed by atoms with E-state index >= 15 is 0 Å². The van der Waals surface area contributed by atoms with E-state index in [4.69, 9.17) is 9.84 Å². The molecule has 0 spiro atoms. The highest BCUT2D eigenvalue weighted by Gasteiger charge is 2.25. The molecule has 1 saturated heterocycles. The first kappa shape index (κ1) is 16.4. The van der Waals surface area contributed by atoms with Crippen LogP contribution in [-0.4, -0.2) is 80.4 Å². The van der Waals surface area contributed by atoms with Gasteiger partial charge in [0.2, 0.25) is 10.0 Å². The van der Waals surface area contributed by atoms with Gasteiger partial charge in [0.05, 0.1) is 18.9 Å². The van der Waals surface area contributed by atoms with Gasteiger partial charge in [0.15, 0.2) is 0 Å². The third kappa shape index (κ3) is 5.85. The number of hydrogen-bond donors (Lipinski definition) is 1. The Morgan fingerprint density at radius 3 is 2.63 bits per heavy atom. The molecule has 1 aliphatic heterocycles. The Labute approximate surface area is 114 Å². The topological polar surface area (TPSA) is 87.2 Å². The summed E-state index contributed by atoms with van der Waals surface area (Å²) in [5, 5.41) is 8.74. The number of carboxylic acids is 1. The first-order valence-corrected chi connectivity index (χ1v) is 8.06. The summed E-state index contributed by atoms with van der Waals surface area (Å²) in [7, 11) is -3.30. The Morgan fingerprint density at radius 2 is 2.00 bits per heavy atom. The van der Waals surface area contributed by atoms with Crippen molar-refractivity contribution in [1.82, 2.24) is 9.21 Å². The van der Waals surface area contributed by atoms with Crippen LogP contribution >= 0.6 is 0 Å². The van der Waals surface area contributed by atoms with E-state index in [0.717, 1.165) is 0 Å². The molecule has 1 heterocycles. The molecule has 0 radical (unpaired) electrons. The van der Waals surface area contributed by atoms with Gasteiger partial charge in [-0.25, -0.2) is 12.7 Å². The van der Waals surface area contributed by atoms with Crippen LogP contribution in [0.3, 0.4) is 0 Å². The van der Waals surface area contributed by atoms with Gasteiger partial charge in [0.1, 0.15) is 0 Å². The van der Waals surface area contributed by atoms with Gasteiger partial charge in [-0.15, -0.1) is 0 Å². The first-order valence-electron chi connectivity index (χ1n) is 6.45. The molecule has 1 aliphatic rings. The summed E-state index contributed by atoms with van der Waals surface area (Å²) in [6.07, 6.45) is 0.654. The molecular weight excluding hydrogens is 272 g/mol. The standard InChI is InChI=1S/C11H22N2O5S/c1-2-18-8-9-19(16,17)13-5-3-4-12(6-7-13)10-11(14)15/h2-10H2,1H3,(H,14,15). The maximum atomic E-state index is 12.1. The van der Waals surface area contributed by atoms with Crippen LogP contribution in [0, 0.1) is 0 Å². The fraction of sp³-hybridized carbons (Fsp3) is 0.909. The van der Waals surface area contributed by atoms with Crippen LogP contribution in [0.15, 0.2) is 0 Å². The normalized spacial score (nSPS) is 19.2. The minimum absolute atomic E-state index is 0.0141. The Balaban J connectivity index is 2.49. The summed E-state index contributed by atoms with van der Waals surface area (Å²) >= 11 is 0. The average Bonchev–Trinajstić information content (AvgIpc) is 2.54. The van der Waals surface area contributed by atoms with Gasteiger partial charge in [0, 0.05) is 32.8 Å². The summed E-state index contributed by atoms with van der Waals surface area (Å²) in [4.78, 5) is 12.4. The molecule has 1 N–H and O–H groups in total. The molecule has 8 heteroatoms. The van der Waals surface area contributed by atoms with Crippen LogP contribution in [0.2, 0.25) is 0 Å². The number of sulfonamides is 1. The van der Waals surface area contributed by atoms with E-state index in [1.807, 2.05) is 6.92 Å². The van der Waals surface area contributed by atoms with E-state index in [1.54, 1.807) is 4.90 Å². The van der Waals surface area contributed by atoms with E-state index in [0.29, 0.717) is 39.2 Å². The monoisotopic (exact) mass is 294 g/mol. The zero-order valence-electron chi connectivity index (χ0n) is 11.2. The highest BCUT2D eigenvalue weighted by molar-refractivity contribution is 7.89. The zero-order chi connectivity index (χ0) is 14.3. The van der Waals surface area contributed by atoms with Crippen molar-refractivity contribution in [3.8, 4) is 0 Å². The molecule has 1 rings (SSSR count). The number of hydrogen-bond acceptors (Lipinski definition) is 5. The third-order valence-corrected chi connectivity index (χ3v) is 4.82. The lowest BCUT2D eigenvalue weighted by Gasteiger charge is -2.20. The second kappa shape index (κ2) is 7.78. The van der Waals surface area contributed by atoms with Gasteiger partial charge in [-0.1, -0.05) is 0 Å². The predicted octanol–water partition coefficient (Wildman–Crippen LogP) is -0.555. The van der Waals surface area contributed by atoms with Crippen molar-refractivity contribution in [3.63, 3.8) is 0 Å². The Hall–Kier alpha value is -0.700. The lowest BCUT2D eigenvalue weighted by atomic mass is 10.4. The largest absolute Gasteiger partial charge is 0.480 e. The van der Waals surface area contributed by atoms with Gasteiger partial charge >= 0.3 is 5.97 Å². The predicted molar refractivity (Wildman–Crippen MR) is 70.5 cm³/mol. The van der Waals surface area contributed by atoms with Crippen molar-refractivity contribution >= 4 is 16.0 Å². The molecule has 0 atom stereocenters. The van der Waals surface area contributed by atoms with Crippen LogP contribution in [0.25, 0.3) is 0 Å². The minimum Gasteiger partial charge on any atom is -0.480 e. The molecule has 0 aliphatic carbocycles. The molecule has 0 amide bonds. The summed E-state index contributed by atoms with van der Waals surface area (Å²) in [5.74, 6) is -0.896. The van der Waals surface area contributed by atoms with Gasteiger partial charge in [-0.05, 0) is 13.3 Å². The van der Waals surface area contributed by atoms with Gasteiger partial charge in [0.25, 0.3) is 0 Å². The smallest absolute Gasteiger partial charge is 0.317 e. The van der Waals surface area contributed by atoms with Crippen LogP contribution in [0.5, 0.6) is 0 Å². The van der Waals surface area contributed by atoms with Gasteiger partial charge < -0.3 is 9.84 Å². The molecule has 1 fully saturated rings. The number of ether oxygens (including phenoxy) is 1.